The Balaban J connectivity index is 1.82. The molecule has 7 heteroatoms. The highest BCUT2D eigenvalue weighted by atomic mass is 16.6. The molecule has 0 saturated carbocycles. The molecule has 2 rings (SSSR count). The molecule has 134 valence electrons. The molecule has 1 atom stereocenters. The van der Waals surface area contributed by atoms with Crippen LogP contribution in [0.4, 0.5) is 5.69 Å². The van der Waals surface area contributed by atoms with Crippen LogP contribution >= 0.6 is 0 Å². The second-order valence-electron chi connectivity index (χ2n) is 5.49. The number of nitro benzene ring substituents is 1. The molecule has 0 saturated heterocycles. The van der Waals surface area contributed by atoms with Crippen molar-refractivity contribution in [2.24, 2.45) is 0 Å². The third-order valence-electron chi connectivity index (χ3n) is 3.52. The zero-order chi connectivity index (χ0) is 18.9. The number of nitrogens with one attached hydrogen (secondary N) is 1. The molecule has 7 nitrogen and oxygen atoms in total. The smallest absolute Gasteiger partial charge is 0.331 e. The minimum absolute atomic E-state index is 0.0743. The summed E-state index contributed by atoms with van der Waals surface area (Å²) in [6, 6.07) is 15.0. The van der Waals surface area contributed by atoms with Crippen molar-refractivity contribution >= 4 is 23.6 Å². The Kier molecular flexibility index (Phi) is 6.61. The van der Waals surface area contributed by atoms with Crippen LogP contribution in [0.15, 0.2) is 60.7 Å². The number of ether oxygens (including phenoxy) is 1. The number of hydrogen-bond donors (Lipinski definition) is 1. The van der Waals surface area contributed by atoms with E-state index < -0.39 is 23.4 Å². The first-order valence-corrected chi connectivity index (χ1v) is 7.89. The summed E-state index contributed by atoms with van der Waals surface area (Å²) < 4.78 is 4.87. The number of esters is 1. The van der Waals surface area contributed by atoms with Gasteiger partial charge in [0.25, 0.3) is 11.6 Å². The quantitative estimate of drug-likeness (QED) is 0.357. The van der Waals surface area contributed by atoms with Crippen molar-refractivity contribution in [3.05, 3.63) is 81.9 Å². The average molecular weight is 354 g/mol. The first-order valence-electron chi connectivity index (χ1n) is 7.89. The van der Waals surface area contributed by atoms with Crippen LogP contribution in [0.3, 0.4) is 0 Å². The van der Waals surface area contributed by atoms with Gasteiger partial charge in [0.2, 0.25) is 0 Å². The van der Waals surface area contributed by atoms with Gasteiger partial charge in [-0.3, -0.25) is 14.9 Å². The first kappa shape index (κ1) is 18.9. The van der Waals surface area contributed by atoms with Crippen molar-refractivity contribution in [3.8, 4) is 0 Å². The third kappa shape index (κ3) is 5.86. The van der Waals surface area contributed by atoms with Crippen LogP contribution in [-0.2, 0) is 14.3 Å². The standard InChI is InChI=1S/C19H18N2O5/c1-14(16-7-3-2-4-8-16)20-18(22)13-26-19(23)11-10-15-6-5-9-17(12-15)21(24)25/h2-12,14H,13H2,1H3,(H,20,22)/b11-10+/t14-/m0/s1. The van der Waals surface area contributed by atoms with E-state index in [0.29, 0.717) is 5.56 Å². The molecule has 2 aromatic carbocycles. The Morgan fingerprint density at radius 2 is 1.92 bits per heavy atom. The molecule has 0 bridgehead atoms. The van der Waals surface area contributed by atoms with Gasteiger partial charge in [-0.15, -0.1) is 0 Å². The minimum atomic E-state index is -0.709. The maximum atomic E-state index is 11.8. The van der Waals surface area contributed by atoms with Crippen molar-refractivity contribution in [3.63, 3.8) is 0 Å². The number of carbonyl (C=O) groups excluding carboxylic acids is 2. The van der Waals surface area contributed by atoms with E-state index in [1.807, 2.05) is 37.3 Å². The molecular formula is C19H18N2O5. The SMILES string of the molecule is C[C@H](NC(=O)COC(=O)/C=C/c1cccc([N+](=O)[O-])c1)c1ccccc1. The summed E-state index contributed by atoms with van der Waals surface area (Å²) in [5.74, 6) is -1.13. The fourth-order valence-corrected chi connectivity index (χ4v) is 2.20. The van der Waals surface area contributed by atoms with Gasteiger partial charge in [0, 0.05) is 18.2 Å². The van der Waals surface area contributed by atoms with E-state index in [0.717, 1.165) is 11.6 Å². The van der Waals surface area contributed by atoms with E-state index in [1.165, 1.54) is 24.3 Å². The number of carbonyl (C=O) groups is 2. The molecule has 0 radical (unpaired) electrons. The molecular weight excluding hydrogens is 336 g/mol. The van der Waals surface area contributed by atoms with Crippen LogP contribution < -0.4 is 5.32 Å². The summed E-state index contributed by atoms with van der Waals surface area (Å²) in [4.78, 5) is 33.7. The fourth-order valence-electron chi connectivity index (χ4n) is 2.20. The number of rotatable bonds is 7. The molecule has 0 spiro atoms. The molecule has 1 N–H and O–H groups in total. The Morgan fingerprint density at radius 3 is 2.62 bits per heavy atom. The summed E-state index contributed by atoms with van der Waals surface area (Å²) in [6.45, 7) is 1.42. The van der Waals surface area contributed by atoms with Gasteiger partial charge in [0.1, 0.15) is 0 Å². The Hall–Kier alpha value is -3.48. The maximum Gasteiger partial charge on any atom is 0.331 e. The van der Waals surface area contributed by atoms with Crippen molar-refractivity contribution in [1.82, 2.24) is 5.32 Å². The zero-order valence-corrected chi connectivity index (χ0v) is 14.1. The van der Waals surface area contributed by atoms with Gasteiger partial charge in [0.05, 0.1) is 11.0 Å². The highest BCUT2D eigenvalue weighted by molar-refractivity contribution is 5.89. The summed E-state index contributed by atoms with van der Waals surface area (Å²) in [7, 11) is 0. The second kappa shape index (κ2) is 9.12. The van der Waals surface area contributed by atoms with E-state index in [-0.39, 0.29) is 11.7 Å². The van der Waals surface area contributed by atoms with Crippen LogP contribution in [0, 0.1) is 10.1 Å². The highest BCUT2D eigenvalue weighted by Crippen LogP contribution is 2.14. The first-order chi connectivity index (χ1) is 12.5. The molecule has 0 aliphatic heterocycles. The molecule has 0 fully saturated rings. The molecule has 2 aromatic rings. The van der Waals surface area contributed by atoms with Crippen molar-refractivity contribution in [2.45, 2.75) is 13.0 Å². The molecule has 0 aromatic heterocycles. The Morgan fingerprint density at radius 1 is 1.19 bits per heavy atom. The second-order valence-corrected chi connectivity index (χ2v) is 5.49. The molecule has 26 heavy (non-hydrogen) atoms. The average Bonchev–Trinajstić information content (AvgIpc) is 2.65. The number of nitrogens with zero attached hydrogens (tertiary/aromatic N) is 1. The van der Waals surface area contributed by atoms with Gasteiger partial charge >= 0.3 is 5.97 Å². The van der Waals surface area contributed by atoms with Gasteiger partial charge in [-0.25, -0.2) is 4.79 Å². The Labute approximate surface area is 150 Å². The van der Waals surface area contributed by atoms with E-state index in [2.05, 4.69) is 5.32 Å². The van der Waals surface area contributed by atoms with Crippen LogP contribution in [-0.4, -0.2) is 23.4 Å². The summed E-state index contributed by atoms with van der Waals surface area (Å²) in [5.41, 5.74) is 1.35. The number of non-ortho nitro benzene ring substituents is 1. The maximum absolute atomic E-state index is 11.8. The van der Waals surface area contributed by atoms with Gasteiger partial charge in [-0.05, 0) is 24.1 Å². The molecule has 0 heterocycles. The normalized spacial score (nSPS) is 11.7. The lowest BCUT2D eigenvalue weighted by Crippen LogP contribution is -2.30. The van der Waals surface area contributed by atoms with Crippen molar-refractivity contribution in [2.75, 3.05) is 6.61 Å². The molecule has 0 unspecified atom stereocenters. The number of hydrogen-bond acceptors (Lipinski definition) is 5. The lowest BCUT2D eigenvalue weighted by atomic mass is 10.1. The largest absolute Gasteiger partial charge is 0.452 e. The van der Waals surface area contributed by atoms with Crippen molar-refractivity contribution < 1.29 is 19.2 Å². The molecule has 1 amide bonds. The van der Waals surface area contributed by atoms with Crippen LogP contribution in [0.25, 0.3) is 6.08 Å². The number of nitro groups is 1. The van der Waals surface area contributed by atoms with Gasteiger partial charge in [0.15, 0.2) is 6.61 Å². The van der Waals surface area contributed by atoms with Gasteiger partial charge < -0.3 is 10.1 Å². The Bertz CT molecular complexity index is 818. The summed E-state index contributed by atoms with van der Waals surface area (Å²) in [5, 5.41) is 13.4. The van der Waals surface area contributed by atoms with Gasteiger partial charge in [-0.1, -0.05) is 42.5 Å². The topological polar surface area (TPSA) is 98.5 Å². The van der Waals surface area contributed by atoms with Crippen LogP contribution in [0.1, 0.15) is 24.1 Å². The molecule has 0 aliphatic carbocycles. The summed E-state index contributed by atoms with van der Waals surface area (Å²) in [6.07, 6.45) is 2.51. The van der Waals surface area contributed by atoms with E-state index in [9.17, 15) is 19.7 Å². The zero-order valence-electron chi connectivity index (χ0n) is 14.1. The summed E-state index contributed by atoms with van der Waals surface area (Å²) >= 11 is 0. The fraction of sp³-hybridized carbons (Fsp3) is 0.158. The lowest BCUT2D eigenvalue weighted by molar-refractivity contribution is -0.384. The van der Waals surface area contributed by atoms with Crippen LogP contribution in [0.2, 0.25) is 0 Å². The van der Waals surface area contributed by atoms with Crippen molar-refractivity contribution in [1.29, 1.82) is 0 Å². The monoisotopic (exact) mass is 354 g/mol. The lowest BCUT2D eigenvalue weighted by Gasteiger charge is -2.13. The van der Waals surface area contributed by atoms with E-state index >= 15 is 0 Å². The molecule has 0 aliphatic rings. The predicted molar refractivity (Wildman–Crippen MR) is 96.1 cm³/mol. The number of benzene rings is 2. The number of amides is 1. The van der Waals surface area contributed by atoms with Gasteiger partial charge in [-0.2, -0.15) is 0 Å². The minimum Gasteiger partial charge on any atom is -0.452 e. The van der Waals surface area contributed by atoms with E-state index in [1.54, 1.807) is 6.07 Å². The third-order valence-corrected chi connectivity index (χ3v) is 3.52. The van der Waals surface area contributed by atoms with E-state index in [4.69, 9.17) is 4.74 Å². The van der Waals surface area contributed by atoms with Crippen LogP contribution in [0.5, 0.6) is 0 Å². The highest BCUT2D eigenvalue weighted by Gasteiger charge is 2.10. The predicted octanol–water partition coefficient (Wildman–Crippen LogP) is 3.03.